The Kier molecular flexibility index (Phi) is 6.55. The summed E-state index contributed by atoms with van der Waals surface area (Å²) < 4.78 is 1.99. The third kappa shape index (κ3) is 4.61. The molecule has 0 bridgehead atoms. The molecule has 0 spiro atoms. The Hall–Kier alpha value is -2.16. The van der Waals surface area contributed by atoms with Crippen molar-refractivity contribution in [1.29, 1.82) is 0 Å². The van der Waals surface area contributed by atoms with Crippen molar-refractivity contribution in [3.63, 3.8) is 0 Å². The highest BCUT2D eigenvalue weighted by atomic mass is 16.2. The van der Waals surface area contributed by atoms with Gasteiger partial charge in [-0.1, -0.05) is 12.8 Å². The molecule has 0 radical (unpaired) electrons. The van der Waals surface area contributed by atoms with Gasteiger partial charge in [0.15, 0.2) is 11.8 Å². The van der Waals surface area contributed by atoms with Crippen LogP contribution in [0.25, 0.3) is 0 Å². The number of likely N-dealkylation sites (N-methyl/N-ethyl adjacent to an activating group) is 1. The molecule has 2 saturated heterocycles. The van der Waals surface area contributed by atoms with E-state index in [4.69, 9.17) is 4.99 Å². The predicted molar refractivity (Wildman–Crippen MR) is 116 cm³/mol. The minimum Gasteiger partial charge on any atom is -0.353 e. The lowest BCUT2D eigenvalue weighted by atomic mass is 10.1. The lowest BCUT2D eigenvalue weighted by Crippen LogP contribution is -2.57. The molecule has 1 saturated carbocycles. The van der Waals surface area contributed by atoms with Crippen molar-refractivity contribution in [2.24, 2.45) is 12.0 Å². The third-order valence-corrected chi connectivity index (χ3v) is 6.94. The van der Waals surface area contributed by atoms with Crippen molar-refractivity contribution >= 4 is 11.9 Å². The van der Waals surface area contributed by atoms with E-state index in [-0.39, 0.29) is 6.04 Å². The highest BCUT2D eigenvalue weighted by Gasteiger charge is 2.33. The number of carbonyl (C=O) groups is 1. The predicted octanol–water partition coefficient (Wildman–Crippen LogP) is 0.750. The summed E-state index contributed by atoms with van der Waals surface area (Å²) in [7, 11) is 4.05. The number of nitrogens with zero attached hydrogens (tertiary/aromatic N) is 7. The average molecular weight is 417 g/mol. The van der Waals surface area contributed by atoms with E-state index in [1.54, 1.807) is 0 Å². The molecule has 3 fully saturated rings. The van der Waals surface area contributed by atoms with Crippen LogP contribution in [0, 0.1) is 6.92 Å². The van der Waals surface area contributed by atoms with Crippen LogP contribution in [0.2, 0.25) is 0 Å². The van der Waals surface area contributed by atoms with E-state index in [0.717, 1.165) is 63.2 Å². The van der Waals surface area contributed by atoms with Gasteiger partial charge in [-0.3, -0.25) is 9.69 Å². The molecule has 3 heterocycles. The van der Waals surface area contributed by atoms with E-state index < -0.39 is 0 Å². The third-order valence-electron chi connectivity index (χ3n) is 6.94. The molecule has 1 atom stereocenters. The molecule has 4 rings (SSSR count). The second-order valence-corrected chi connectivity index (χ2v) is 8.94. The molecule has 1 aromatic rings. The normalized spacial score (nSPS) is 24.1. The number of nitrogens with one attached hydrogen (secondary N) is 1. The van der Waals surface area contributed by atoms with Gasteiger partial charge in [0.1, 0.15) is 12.4 Å². The summed E-state index contributed by atoms with van der Waals surface area (Å²) in [4.78, 5) is 24.4. The molecule has 9 nitrogen and oxygen atoms in total. The maximum Gasteiger partial charge on any atom is 0.240 e. The second kappa shape index (κ2) is 9.32. The number of piperazine rings is 1. The number of aliphatic imine (C=N–C) groups is 1. The van der Waals surface area contributed by atoms with E-state index in [0.29, 0.717) is 18.5 Å². The minimum absolute atomic E-state index is 0.0699. The standard InChI is InChI=1S/C21H36N8O/c1-16-24-25-19(27(16)3)15-22-21(23-17-7-4-5-8-17)29-13-11-28(12-14-29)20(30)18-9-6-10-26(18)2/h17-18H,4-15H2,1-3H3,(H,22,23). The summed E-state index contributed by atoms with van der Waals surface area (Å²) in [5.74, 6) is 3.02. The van der Waals surface area contributed by atoms with Crippen LogP contribution >= 0.6 is 0 Å². The van der Waals surface area contributed by atoms with Crippen LogP contribution in [0.15, 0.2) is 4.99 Å². The summed E-state index contributed by atoms with van der Waals surface area (Å²) in [5.41, 5.74) is 0. The topological polar surface area (TPSA) is 81.9 Å². The Morgan fingerprint density at radius 3 is 2.30 bits per heavy atom. The van der Waals surface area contributed by atoms with Crippen LogP contribution in [-0.2, 0) is 18.4 Å². The Morgan fingerprint density at radius 2 is 1.70 bits per heavy atom. The fourth-order valence-electron chi connectivity index (χ4n) is 4.80. The minimum atomic E-state index is 0.0699. The monoisotopic (exact) mass is 416 g/mol. The lowest BCUT2D eigenvalue weighted by Gasteiger charge is -2.38. The molecule has 1 aromatic heterocycles. The number of amides is 1. The Balaban J connectivity index is 1.40. The molecular weight excluding hydrogens is 380 g/mol. The SMILES string of the molecule is Cc1nnc(CN=C(NC2CCCC2)N2CCN(C(=O)C3CCCN3C)CC2)n1C. The van der Waals surface area contributed by atoms with Crippen molar-refractivity contribution in [3.05, 3.63) is 11.6 Å². The molecule has 1 amide bonds. The molecule has 1 N–H and O–H groups in total. The van der Waals surface area contributed by atoms with Crippen LogP contribution < -0.4 is 5.32 Å². The number of likely N-dealkylation sites (tertiary alicyclic amines) is 1. The summed E-state index contributed by atoms with van der Waals surface area (Å²) in [6.07, 6.45) is 7.08. The highest BCUT2D eigenvalue weighted by Crippen LogP contribution is 2.20. The molecule has 30 heavy (non-hydrogen) atoms. The number of hydrogen-bond donors (Lipinski definition) is 1. The fourth-order valence-corrected chi connectivity index (χ4v) is 4.80. The van der Waals surface area contributed by atoms with Gasteiger partial charge in [-0.25, -0.2) is 4.99 Å². The van der Waals surface area contributed by atoms with E-state index in [2.05, 4.69) is 32.4 Å². The van der Waals surface area contributed by atoms with Crippen molar-refractivity contribution in [1.82, 2.24) is 34.8 Å². The Labute approximate surface area is 179 Å². The van der Waals surface area contributed by atoms with Gasteiger partial charge in [0, 0.05) is 39.3 Å². The first-order valence-electron chi connectivity index (χ1n) is 11.4. The second-order valence-electron chi connectivity index (χ2n) is 8.94. The first-order valence-corrected chi connectivity index (χ1v) is 11.4. The molecule has 9 heteroatoms. The summed E-state index contributed by atoms with van der Waals surface area (Å²) in [5, 5.41) is 12.1. The van der Waals surface area contributed by atoms with Gasteiger partial charge in [-0.15, -0.1) is 10.2 Å². The van der Waals surface area contributed by atoms with Crippen molar-refractivity contribution < 1.29 is 4.79 Å². The molecule has 3 aliphatic rings. The molecule has 0 aromatic carbocycles. The number of hydrogen-bond acceptors (Lipinski definition) is 5. The number of aryl methyl sites for hydroxylation is 1. The first-order chi connectivity index (χ1) is 14.5. The zero-order chi connectivity index (χ0) is 21.1. The molecule has 166 valence electrons. The largest absolute Gasteiger partial charge is 0.353 e. The van der Waals surface area contributed by atoms with Crippen LogP contribution in [0.1, 0.15) is 50.2 Å². The first kappa shape index (κ1) is 21.1. The van der Waals surface area contributed by atoms with Gasteiger partial charge >= 0.3 is 0 Å². The quantitative estimate of drug-likeness (QED) is 0.576. The summed E-state index contributed by atoms with van der Waals surface area (Å²) in [6.45, 7) is 6.65. The van der Waals surface area contributed by atoms with Gasteiger partial charge in [0.05, 0.1) is 6.04 Å². The van der Waals surface area contributed by atoms with Crippen molar-refractivity contribution in [3.8, 4) is 0 Å². The maximum absolute atomic E-state index is 12.9. The van der Waals surface area contributed by atoms with Gasteiger partial charge in [0.25, 0.3) is 0 Å². The number of guanidine groups is 1. The highest BCUT2D eigenvalue weighted by molar-refractivity contribution is 5.83. The van der Waals surface area contributed by atoms with Gasteiger partial charge < -0.3 is 19.7 Å². The Morgan fingerprint density at radius 1 is 1.00 bits per heavy atom. The molecule has 1 unspecified atom stereocenters. The van der Waals surface area contributed by atoms with Crippen LogP contribution in [0.5, 0.6) is 0 Å². The average Bonchev–Trinajstić information content (AvgIpc) is 3.49. The van der Waals surface area contributed by atoms with E-state index >= 15 is 0 Å². The van der Waals surface area contributed by atoms with Crippen molar-refractivity contribution in [2.45, 2.75) is 64.1 Å². The van der Waals surface area contributed by atoms with Gasteiger partial charge in [-0.2, -0.15) is 0 Å². The van der Waals surface area contributed by atoms with Crippen molar-refractivity contribution in [2.75, 3.05) is 39.8 Å². The Bertz CT molecular complexity index is 761. The van der Waals surface area contributed by atoms with E-state index in [9.17, 15) is 4.79 Å². The van der Waals surface area contributed by atoms with Crippen LogP contribution in [-0.4, -0.2) is 93.2 Å². The molecule has 2 aliphatic heterocycles. The van der Waals surface area contributed by atoms with E-state index in [1.807, 2.05) is 23.4 Å². The number of rotatable bonds is 4. The van der Waals surface area contributed by atoms with E-state index in [1.165, 1.54) is 25.7 Å². The summed E-state index contributed by atoms with van der Waals surface area (Å²) in [6, 6.07) is 0.567. The maximum atomic E-state index is 12.9. The van der Waals surface area contributed by atoms with Crippen LogP contribution in [0.4, 0.5) is 0 Å². The van der Waals surface area contributed by atoms with Gasteiger partial charge in [-0.05, 0) is 46.2 Å². The zero-order valence-corrected chi connectivity index (χ0v) is 18.7. The van der Waals surface area contributed by atoms with Gasteiger partial charge in [0.2, 0.25) is 5.91 Å². The number of aromatic nitrogens is 3. The summed E-state index contributed by atoms with van der Waals surface area (Å²) >= 11 is 0. The van der Waals surface area contributed by atoms with Crippen LogP contribution in [0.3, 0.4) is 0 Å². The lowest BCUT2D eigenvalue weighted by molar-refractivity contribution is -0.136. The smallest absolute Gasteiger partial charge is 0.240 e. The number of carbonyl (C=O) groups excluding carboxylic acids is 1. The molecular formula is C21H36N8O. The molecule has 1 aliphatic carbocycles. The fraction of sp³-hybridized carbons (Fsp3) is 0.810. The zero-order valence-electron chi connectivity index (χ0n) is 18.7.